The zero-order chi connectivity index (χ0) is 13.9. The van der Waals surface area contributed by atoms with E-state index in [0.717, 1.165) is 6.54 Å². The molecule has 0 radical (unpaired) electrons. The molecule has 2 rings (SSSR count). The first kappa shape index (κ1) is 15.1. The predicted octanol–water partition coefficient (Wildman–Crippen LogP) is 5.38. The molecule has 2 heteroatoms. The first-order valence-electron chi connectivity index (χ1n) is 7.93. The Bertz CT molecular complexity index is 401. The van der Waals surface area contributed by atoms with Gasteiger partial charge in [0.1, 0.15) is 0 Å². The molecule has 1 aliphatic carbocycles. The van der Waals surface area contributed by atoms with Crippen molar-refractivity contribution < 1.29 is 0 Å². The van der Waals surface area contributed by atoms with Crippen LogP contribution in [0.25, 0.3) is 0 Å². The van der Waals surface area contributed by atoms with Gasteiger partial charge in [0.25, 0.3) is 0 Å². The van der Waals surface area contributed by atoms with Crippen LogP contribution in [0.3, 0.4) is 0 Å². The Balaban J connectivity index is 2.32. The highest BCUT2D eigenvalue weighted by atomic mass is 32.1. The topological polar surface area (TPSA) is 12.0 Å². The Morgan fingerprint density at radius 2 is 1.95 bits per heavy atom. The van der Waals surface area contributed by atoms with Crippen LogP contribution in [0, 0.1) is 19.3 Å². The molecule has 0 spiro atoms. The third-order valence-corrected chi connectivity index (χ3v) is 5.89. The SMILES string of the molecule is CCCNC(c1cc(C)sc1C)C1(CC)CCCC1. The van der Waals surface area contributed by atoms with Crippen LogP contribution in [0.2, 0.25) is 0 Å². The van der Waals surface area contributed by atoms with Gasteiger partial charge in [-0.1, -0.05) is 26.7 Å². The Hall–Kier alpha value is -0.340. The molecule has 1 saturated carbocycles. The summed E-state index contributed by atoms with van der Waals surface area (Å²) in [6.45, 7) is 10.3. The van der Waals surface area contributed by atoms with Crippen LogP contribution in [-0.4, -0.2) is 6.54 Å². The van der Waals surface area contributed by atoms with E-state index in [0.29, 0.717) is 11.5 Å². The average molecular weight is 279 g/mol. The Labute approximate surface area is 122 Å². The minimum absolute atomic E-state index is 0.507. The fraction of sp³-hybridized carbons (Fsp3) is 0.765. The highest BCUT2D eigenvalue weighted by Gasteiger charge is 2.41. The maximum Gasteiger partial charge on any atom is 0.0388 e. The molecule has 1 nitrogen and oxygen atoms in total. The number of hydrogen-bond acceptors (Lipinski definition) is 2. The van der Waals surface area contributed by atoms with Crippen molar-refractivity contribution in [3.05, 3.63) is 21.4 Å². The minimum Gasteiger partial charge on any atom is -0.309 e. The van der Waals surface area contributed by atoms with Gasteiger partial charge in [-0.2, -0.15) is 0 Å². The fourth-order valence-electron chi connectivity index (χ4n) is 3.81. The summed E-state index contributed by atoms with van der Waals surface area (Å²) in [7, 11) is 0. The van der Waals surface area contributed by atoms with Crippen LogP contribution in [0.5, 0.6) is 0 Å². The van der Waals surface area contributed by atoms with Gasteiger partial charge in [-0.15, -0.1) is 11.3 Å². The minimum atomic E-state index is 0.507. The molecule has 1 aromatic heterocycles. The van der Waals surface area contributed by atoms with Gasteiger partial charge in [-0.3, -0.25) is 0 Å². The van der Waals surface area contributed by atoms with Crippen LogP contribution in [-0.2, 0) is 0 Å². The maximum absolute atomic E-state index is 3.88. The van der Waals surface area contributed by atoms with Gasteiger partial charge in [0, 0.05) is 15.8 Å². The van der Waals surface area contributed by atoms with Crippen molar-refractivity contribution in [2.24, 2.45) is 5.41 Å². The monoisotopic (exact) mass is 279 g/mol. The van der Waals surface area contributed by atoms with Crippen molar-refractivity contribution >= 4 is 11.3 Å². The highest BCUT2D eigenvalue weighted by molar-refractivity contribution is 7.12. The van der Waals surface area contributed by atoms with E-state index in [1.165, 1.54) is 48.3 Å². The van der Waals surface area contributed by atoms with E-state index in [2.05, 4.69) is 39.1 Å². The van der Waals surface area contributed by atoms with Crippen molar-refractivity contribution in [3.63, 3.8) is 0 Å². The van der Waals surface area contributed by atoms with Gasteiger partial charge >= 0.3 is 0 Å². The number of thiophene rings is 1. The lowest BCUT2D eigenvalue weighted by atomic mass is 9.73. The van der Waals surface area contributed by atoms with E-state index in [9.17, 15) is 0 Å². The Kier molecular flexibility index (Phi) is 5.08. The number of nitrogens with one attached hydrogen (secondary N) is 1. The molecule has 1 heterocycles. The van der Waals surface area contributed by atoms with Crippen LogP contribution < -0.4 is 5.32 Å². The second-order valence-electron chi connectivity index (χ2n) is 6.18. The Morgan fingerprint density at radius 3 is 2.42 bits per heavy atom. The maximum atomic E-state index is 3.88. The third-order valence-electron chi connectivity index (χ3n) is 4.90. The van der Waals surface area contributed by atoms with Crippen LogP contribution in [0.4, 0.5) is 0 Å². The van der Waals surface area contributed by atoms with Crippen molar-refractivity contribution in [1.29, 1.82) is 0 Å². The second kappa shape index (κ2) is 6.41. The molecule has 1 aromatic rings. The molecule has 19 heavy (non-hydrogen) atoms. The summed E-state index contributed by atoms with van der Waals surface area (Å²) in [5, 5.41) is 3.88. The van der Waals surface area contributed by atoms with Crippen molar-refractivity contribution in [1.82, 2.24) is 5.32 Å². The standard InChI is InChI=1S/C17H29NS/c1-5-11-18-16(15-12-13(3)19-14(15)4)17(6-2)9-7-8-10-17/h12,16,18H,5-11H2,1-4H3. The Morgan fingerprint density at radius 1 is 1.26 bits per heavy atom. The fourth-order valence-corrected chi connectivity index (χ4v) is 4.77. The molecule has 0 aromatic carbocycles. The van der Waals surface area contributed by atoms with Crippen molar-refractivity contribution in [2.45, 2.75) is 72.3 Å². The number of aryl methyl sites for hydroxylation is 2. The molecular weight excluding hydrogens is 250 g/mol. The van der Waals surface area contributed by atoms with Gasteiger partial charge in [0.2, 0.25) is 0 Å². The molecule has 108 valence electrons. The normalized spacial score (nSPS) is 19.8. The van der Waals surface area contributed by atoms with Gasteiger partial charge in [-0.05, 0) is 63.1 Å². The molecule has 0 saturated heterocycles. The first-order valence-corrected chi connectivity index (χ1v) is 8.75. The van der Waals surface area contributed by atoms with Gasteiger partial charge in [-0.25, -0.2) is 0 Å². The lowest BCUT2D eigenvalue weighted by Crippen LogP contribution is -2.36. The van der Waals surface area contributed by atoms with Crippen molar-refractivity contribution in [2.75, 3.05) is 6.54 Å². The molecular formula is C17H29NS. The largest absolute Gasteiger partial charge is 0.309 e. The van der Waals surface area contributed by atoms with Crippen molar-refractivity contribution in [3.8, 4) is 0 Å². The summed E-state index contributed by atoms with van der Waals surface area (Å²) in [5.74, 6) is 0. The van der Waals surface area contributed by atoms with Gasteiger partial charge in [0.15, 0.2) is 0 Å². The molecule has 1 aliphatic rings. The quantitative estimate of drug-likeness (QED) is 0.737. The van der Waals surface area contributed by atoms with E-state index in [4.69, 9.17) is 0 Å². The first-order chi connectivity index (χ1) is 9.13. The van der Waals surface area contributed by atoms with E-state index >= 15 is 0 Å². The number of rotatable bonds is 6. The van der Waals surface area contributed by atoms with E-state index in [-0.39, 0.29) is 0 Å². The summed E-state index contributed by atoms with van der Waals surface area (Å²) in [6, 6.07) is 3.01. The molecule has 1 unspecified atom stereocenters. The van der Waals surface area contributed by atoms with Gasteiger partial charge < -0.3 is 5.32 Å². The molecule has 0 bridgehead atoms. The van der Waals surface area contributed by atoms with Crippen LogP contribution in [0.15, 0.2) is 6.07 Å². The second-order valence-corrected chi connectivity index (χ2v) is 7.64. The summed E-state index contributed by atoms with van der Waals surface area (Å²) < 4.78 is 0. The molecule has 1 atom stereocenters. The van der Waals surface area contributed by atoms with Crippen LogP contribution in [0.1, 0.15) is 73.7 Å². The molecule has 1 fully saturated rings. The summed E-state index contributed by atoms with van der Waals surface area (Å²) in [5.41, 5.74) is 2.09. The van der Waals surface area contributed by atoms with E-state index in [1.54, 1.807) is 5.56 Å². The lowest BCUT2D eigenvalue weighted by Gasteiger charge is -2.38. The van der Waals surface area contributed by atoms with E-state index < -0.39 is 0 Å². The zero-order valence-electron chi connectivity index (χ0n) is 13.0. The summed E-state index contributed by atoms with van der Waals surface area (Å²) in [6.07, 6.45) is 8.17. The van der Waals surface area contributed by atoms with Gasteiger partial charge in [0.05, 0.1) is 0 Å². The zero-order valence-corrected chi connectivity index (χ0v) is 13.8. The smallest absolute Gasteiger partial charge is 0.0388 e. The predicted molar refractivity (Wildman–Crippen MR) is 86.0 cm³/mol. The molecule has 0 aliphatic heterocycles. The average Bonchev–Trinajstić information content (AvgIpc) is 2.98. The third kappa shape index (κ3) is 3.05. The summed E-state index contributed by atoms with van der Waals surface area (Å²) >= 11 is 1.96. The number of hydrogen-bond donors (Lipinski definition) is 1. The van der Waals surface area contributed by atoms with E-state index in [1.807, 2.05) is 11.3 Å². The molecule has 1 N–H and O–H groups in total. The summed E-state index contributed by atoms with van der Waals surface area (Å²) in [4.78, 5) is 2.98. The van der Waals surface area contributed by atoms with Crippen LogP contribution >= 0.6 is 11.3 Å². The molecule has 0 amide bonds. The highest BCUT2D eigenvalue weighted by Crippen LogP contribution is 2.51. The lowest BCUT2D eigenvalue weighted by molar-refractivity contribution is 0.187.